The van der Waals surface area contributed by atoms with Crippen LogP contribution in [-0.4, -0.2) is 96.7 Å². The first-order chi connectivity index (χ1) is 44.2. The molecule has 0 aliphatic carbocycles. The Morgan fingerprint density at radius 2 is 0.587 bits per heavy atom. The van der Waals surface area contributed by atoms with Gasteiger partial charge in [0, 0.05) is 25.7 Å². The molecule has 2 unspecified atom stereocenters. The predicted molar refractivity (Wildman–Crippen MR) is 372 cm³/mol. The smallest absolute Gasteiger partial charge is 0.462 e. The average molecular weight is 1350 g/mol. The number of esters is 4. The van der Waals surface area contributed by atoms with Crippen molar-refractivity contribution in [1.29, 1.82) is 0 Å². The maximum atomic E-state index is 13.0. The molecule has 92 heavy (non-hydrogen) atoms. The van der Waals surface area contributed by atoms with E-state index in [4.69, 9.17) is 37.0 Å². The van der Waals surface area contributed by atoms with Gasteiger partial charge < -0.3 is 33.8 Å². The number of hydrogen-bond acceptors (Lipinski definition) is 15. The molecule has 0 rings (SSSR count). The molecule has 0 aromatic carbocycles. The van der Waals surface area contributed by atoms with Gasteiger partial charge in [0.15, 0.2) is 12.2 Å². The van der Waals surface area contributed by atoms with Crippen molar-refractivity contribution in [2.24, 2.45) is 17.8 Å². The van der Waals surface area contributed by atoms with Crippen LogP contribution in [0.5, 0.6) is 0 Å². The van der Waals surface area contributed by atoms with Gasteiger partial charge >= 0.3 is 39.5 Å². The number of carbonyl (C=O) groups is 4. The van der Waals surface area contributed by atoms with Crippen molar-refractivity contribution >= 4 is 39.5 Å². The second-order valence-corrected chi connectivity index (χ2v) is 30.0. The Labute approximate surface area is 561 Å². The lowest BCUT2D eigenvalue weighted by Gasteiger charge is -2.21. The highest BCUT2D eigenvalue weighted by Gasteiger charge is 2.30. The van der Waals surface area contributed by atoms with E-state index in [0.717, 1.165) is 121 Å². The van der Waals surface area contributed by atoms with E-state index in [-0.39, 0.29) is 25.7 Å². The number of phosphoric ester groups is 2. The van der Waals surface area contributed by atoms with E-state index < -0.39 is 97.5 Å². The van der Waals surface area contributed by atoms with Crippen molar-refractivity contribution in [3.63, 3.8) is 0 Å². The number of unbranched alkanes of at least 4 members (excludes halogenated alkanes) is 34. The molecule has 0 saturated carbocycles. The van der Waals surface area contributed by atoms with E-state index in [0.29, 0.717) is 37.5 Å². The average Bonchev–Trinajstić information content (AvgIpc) is 2.49. The van der Waals surface area contributed by atoms with Crippen LogP contribution in [0.4, 0.5) is 0 Å². The van der Waals surface area contributed by atoms with Crippen molar-refractivity contribution < 1.29 is 80.2 Å². The van der Waals surface area contributed by atoms with Gasteiger partial charge in [-0.1, -0.05) is 291 Å². The largest absolute Gasteiger partial charge is 0.472 e. The second kappa shape index (κ2) is 63.3. The Morgan fingerprint density at radius 3 is 0.880 bits per heavy atom. The molecular formula is C73H138O17P2. The van der Waals surface area contributed by atoms with E-state index >= 15 is 0 Å². The highest BCUT2D eigenvalue weighted by Crippen LogP contribution is 2.45. The number of phosphoric acid groups is 2. The van der Waals surface area contributed by atoms with E-state index in [2.05, 4.69) is 72.8 Å². The Morgan fingerprint density at radius 1 is 0.337 bits per heavy atom. The molecular weight excluding hydrogens is 1210 g/mol. The number of hydrogen-bond donors (Lipinski definition) is 3. The van der Waals surface area contributed by atoms with Crippen molar-refractivity contribution in [2.45, 2.75) is 362 Å². The van der Waals surface area contributed by atoms with Crippen molar-refractivity contribution in [1.82, 2.24) is 0 Å². The van der Waals surface area contributed by atoms with Gasteiger partial charge in [-0.2, -0.15) is 0 Å². The standard InChI is InChI=1S/C73H138O17P2/c1-8-9-10-11-12-13-14-15-16-20-23-26-32-40-47-54-70(75)83-60-68(89-72(77)56-49-42-33-27-24-21-18-17-19-22-25-30-37-44-51-64(2)3)62-87-91(79,80)85-58-67(74)59-86-92(81,82)88-63-69(61-84-71(76)55-48-41-36-35-39-46-53-66(6)7)90-73(78)57-50-43-34-29-28-31-38-45-52-65(4)5/h13-16,64-69,74H,8-12,17-63H2,1-7H3,(H,79,80)(H,81,82)/b14-13-,16-15-/t67-,68-,69-/m1/s1. The molecule has 0 aromatic heterocycles. The zero-order chi connectivity index (χ0) is 68.0. The Hall–Kier alpha value is -2.46. The molecule has 0 aromatic rings. The molecule has 3 N–H and O–H groups in total. The van der Waals surface area contributed by atoms with Gasteiger partial charge in [0.05, 0.1) is 26.4 Å². The Bertz CT molecular complexity index is 1890. The fourth-order valence-corrected chi connectivity index (χ4v) is 12.1. The third kappa shape index (κ3) is 66.2. The lowest BCUT2D eigenvalue weighted by atomic mass is 10.0. The van der Waals surface area contributed by atoms with Crippen LogP contribution in [0.1, 0.15) is 344 Å². The summed E-state index contributed by atoms with van der Waals surface area (Å²) < 4.78 is 68.3. The van der Waals surface area contributed by atoms with E-state index in [1.54, 1.807) is 0 Å². The van der Waals surface area contributed by atoms with Crippen LogP contribution < -0.4 is 0 Å². The van der Waals surface area contributed by atoms with Crippen LogP contribution in [0, 0.1) is 17.8 Å². The summed E-state index contributed by atoms with van der Waals surface area (Å²) in [6.45, 7) is 11.7. The third-order valence-corrected chi connectivity index (χ3v) is 18.2. The Balaban J connectivity index is 5.27. The van der Waals surface area contributed by atoms with E-state index in [1.165, 1.54) is 128 Å². The van der Waals surface area contributed by atoms with Gasteiger partial charge in [0.2, 0.25) is 0 Å². The zero-order valence-electron chi connectivity index (χ0n) is 59.5. The summed E-state index contributed by atoms with van der Waals surface area (Å²) >= 11 is 0. The van der Waals surface area contributed by atoms with Gasteiger partial charge in [-0.15, -0.1) is 0 Å². The fraction of sp³-hybridized carbons (Fsp3) is 0.890. The quantitative estimate of drug-likeness (QED) is 0.0169. The molecule has 0 aliphatic heterocycles. The predicted octanol–water partition coefficient (Wildman–Crippen LogP) is 20.6. The number of rotatable bonds is 69. The van der Waals surface area contributed by atoms with Gasteiger partial charge in [0.1, 0.15) is 19.3 Å². The first kappa shape index (κ1) is 89.5. The van der Waals surface area contributed by atoms with E-state index in [1.807, 2.05) is 0 Å². The summed E-state index contributed by atoms with van der Waals surface area (Å²) in [5.74, 6) is 0.0310. The molecule has 0 radical (unpaired) electrons. The maximum absolute atomic E-state index is 13.0. The van der Waals surface area contributed by atoms with Crippen LogP contribution in [-0.2, 0) is 65.4 Å². The van der Waals surface area contributed by atoms with Gasteiger partial charge in [-0.25, -0.2) is 9.13 Å². The van der Waals surface area contributed by atoms with Crippen molar-refractivity contribution in [3.05, 3.63) is 24.3 Å². The SMILES string of the molecule is CCCCCC/C=C\C=C/CCCCCCCC(=O)OC[C@H](COP(=O)(O)OC[C@@H](O)COP(=O)(O)OC[C@@H](COC(=O)CCCCCCCCC(C)C)OC(=O)CCCCCCCCCCC(C)C)OC(=O)CCCCCCCCCCCCCCCCC(C)C. The van der Waals surface area contributed by atoms with Crippen LogP contribution in [0.15, 0.2) is 24.3 Å². The van der Waals surface area contributed by atoms with E-state index in [9.17, 15) is 43.2 Å². The minimum absolute atomic E-state index is 0.1000. The summed E-state index contributed by atoms with van der Waals surface area (Å²) in [5, 5.41) is 10.6. The summed E-state index contributed by atoms with van der Waals surface area (Å²) in [7, 11) is -9.92. The minimum atomic E-state index is -4.96. The minimum Gasteiger partial charge on any atom is -0.462 e. The number of carbonyl (C=O) groups excluding carboxylic acids is 4. The number of aliphatic hydroxyl groups is 1. The molecule has 0 amide bonds. The summed E-state index contributed by atoms with van der Waals surface area (Å²) in [5.41, 5.74) is 0. The molecule has 542 valence electrons. The molecule has 19 heteroatoms. The highest BCUT2D eigenvalue weighted by molar-refractivity contribution is 7.47. The second-order valence-electron chi connectivity index (χ2n) is 27.1. The zero-order valence-corrected chi connectivity index (χ0v) is 61.3. The normalized spacial score (nSPS) is 14.3. The van der Waals surface area contributed by atoms with Crippen molar-refractivity contribution in [2.75, 3.05) is 39.6 Å². The fourth-order valence-electron chi connectivity index (χ4n) is 10.5. The highest BCUT2D eigenvalue weighted by atomic mass is 31.2. The lowest BCUT2D eigenvalue weighted by molar-refractivity contribution is -0.161. The molecule has 17 nitrogen and oxygen atoms in total. The van der Waals surface area contributed by atoms with Crippen molar-refractivity contribution in [3.8, 4) is 0 Å². The number of aliphatic hydroxyl groups excluding tert-OH is 1. The lowest BCUT2D eigenvalue weighted by Crippen LogP contribution is -2.30. The van der Waals surface area contributed by atoms with Crippen LogP contribution in [0.2, 0.25) is 0 Å². The molecule has 0 saturated heterocycles. The first-order valence-electron chi connectivity index (χ1n) is 37.2. The molecule has 0 heterocycles. The summed E-state index contributed by atoms with van der Waals surface area (Å²) in [6.07, 6.45) is 51.0. The third-order valence-electron chi connectivity index (χ3n) is 16.3. The summed E-state index contributed by atoms with van der Waals surface area (Å²) in [4.78, 5) is 72.6. The first-order valence-corrected chi connectivity index (χ1v) is 40.2. The van der Waals surface area contributed by atoms with Gasteiger partial charge in [0.25, 0.3) is 0 Å². The number of allylic oxidation sites excluding steroid dienone is 4. The van der Waals surface area contributed by atoms with Gasteiger partial charge in [-0.05, 0) is 69.1 Å². The molecule has 0 spiro atoms. The van der Waals surface area contributed by atoms with Crippen LogP contribution >= 0.6 is 15.6 Å². The maximum Gasteiger partial charge on any atom is 0.472 e. The Kier molecular flexibility index (Phi) is 61.6. The number of ether oxygens (including phenoxy) is 4. The van der Waals surface area contributed by atoms with Gasteiger partial charge in [-0.3, -0.25) is 37.3 Å². The molecule has 0 fully saturated rings. The molecule has 0 bridgehead atoms. The topological polar surface area (TPSA) is 237 Å². The monoisotopic (exact) mass is 1350 g/mol. The molecule has 5 atom stereocenters. The molecule has 0 aliphatic rings. The van der Waals surface area contributed by atoms with Crippen LogP contribution in [0.3, 0.4) is 0 Å². The summed E-state index contributed by atoms with van der Waals surface area (Å²) in [6, 6.07) is 0. The van der Waals surface area contributed by atoms with Crippen LogP contribution in [0.25, 0.3) is 0 Å².